The Bertz CT molecular complexity index is 383. The molecule has 1 unspecified atom stereocenters. The molecule has 0 radical (unpaired) electrons. The molecule has 1 aliphatic heterocycles. The molecule has 0 saturated carbocycles. The Morgan fingerprint density at radius 1 is 1.61 bits per heavy atom. The third kappa shape index (κ3) is 3.17. The van der Waals surface area contributed by atoms with Crippen molar-refractivity contribution in [3.8, 4) is 0 Å². The molecular weight excluding hydrogens is 232 g/mol. The highest BCUT2D eigenvalue weighted by molar-refractivity contribution is 5.98. The highest BCUT2D eigenvalue weighted by Crippen LogP contribution is 2.17. The summed E-state index contributed by atoms with van der Waals surface area (Å²) < 4.78 is 12.3. The van der Waals surface area contributed by atoms with Gasteiger partial charge in [-0.3, -0.25) is 9.48 Å². The first kappa shape index (κ1) is 13.2. The highest BCUT2D eigenvalue weighted by atomic mass is 16.5. The Labute approximate surface area is 107 Å². The maximum absolute atomic E-state index is 12.3. The zero-order chi connectivity index (χ0) is 12.8. The first-order valence-corrected chi connectivity index (χ1v) is 6.49. The van der Waals surface area contributed by atoms with Crippen LogP contribution < -0.4 is 0 Å². The van der Waals surface area contributed by atoms with Crippen molar-refractivity contribution in [2.75, 3.05) is 20.3 Å². The lowest BCUT2D eigenvalue weighted by atomic mass is 10.0. The molecular formula is C13H20N2O3. The minimum Gasteiger partial charge on any atom is -0.385 e. The Balaban J connectivity index is 1.98. The molecule has 0 amide bonds. The van der Waals surface area contributed by atoms with Crippen molar-refractivity contribution >= 4 is 5.78 Å². The van der Waals surface area contributed by atoms with E-state index in [0.717, 1.165) is 25.7 Å². The second-order valence-corrected chi connectivity index (χ2v) is 4.51. The first-order chi connectivity index (χ1) is 8.83. The van der Waals surface area contributed by atoms with Gasteiger partial charge in [0.1, 0.15) is 11.8 Å². The van der Waals surface area contributed by atoms with Crippen molar-refractivity contribution in [3.05, 3.63) is 18.0 Å². The van der Waals surface area contributed by atoms with Gasteiger partial charge in [-0.2, -0.15) is 5.10 Å². The lowest BCUT2D eigenvalue weighted by molar-refractivity contribution is 0.0178. The number of ketones is 1. The first-order valence-electron chi connectivity index (χ1n) is 6.49. The van der Waals surface area contributed by atoms with E-state index in [0.29, 0.717) is 25.5 Å². The van der Waals surface area contributed by atoms with Crippen LogP contribution in [-0.2, 0) is 16.0 Å². The fourth-order valence-electron chi connectivity index (χ4n) is 2.19. The van der Waals surface area contributed by atoms with Crippen LogP contribution in [-0.4, -0.2) is 42.0 Å². The quantitative estimate of drug-likeness (QED) is 0.571. The van der Waals surface area contributed by atoms with Crippen molar-refractivity contribution < 1.29 is 14.3 Å². The number of rotatable bonds is 6. The lowest BCUT2D eigenvalue weighted by Crippen LogP contribution is -2.30. The Morgan fingerprint density at radius 2 is 2.50 bits per heavy atom. The molecule has 1 fully saturated rings. The van der Waals surface area contributed by atoms with Crippen molar-refractivity contribution in [3.63, 3.8) is 0 Å². The number of carbonyl (C=O) groups excluding carboxylic acids is 1. The molecule has 1 aliphatic rings. The maximum atomic E-state index is 12.3. The fourth-order valence-corrected chi connectivity index (χ4v) is 2.19. The van der Waals surface area contributed by atoms with Crippen LogP contribution in [0.3, 0.4) is 0 Å². The summed E-state index contributed by atoms with van der Waals surface area (Å²) >= 11 is 0. The number of aryl methyl sites for hydroxylation is 1. The normalized spacial score (nSPS) is 19.9. The molecule has 0 spiro atoms. The number of hydrogen-bond acceptors (Lipinski definition) is 4. The van der Waals surface area contributed by atoms with E-state index in [1.165, 1.54) is 0 Å². The minimum absolute atomic E-state index is 0.0598. The number of ether oxygens (including phenoxy) is 2. The predicted molar refractivity (Wildman–Crippen MR) is 66.6 cm³/mol. The summed E-state index contributed by atoms with van der Waals surface area (Å²) in [5.74, 6) is 0.0598. The van der Waals surface area contributed by atoms with E-state index in [9.17, 15) is 4.79 Å². The van der Waals surface area contributed by atoms with Crippen LogP contribution >= 0.6 is 0 Å². The number of methoxy groups -OCH3 is 1. The molecule has 0 aliphatic carbocycles. The van der Waals surface area contributed by atoms with Gasteiger partial charge in [-0.15, -0.1) is 0 Å². The molecule has 1 saturated heterocycles. The standard InChI is InChI=1S/C13H20N2O3/c1-17-9-4-8-15-11(6-7-14-15)13(16)12-5-2-3-10-18-12/h6-7,12H,2-5,8-10H2,1H3. The van der Waals surface area contributed by atoms with Crippen LogP contribution in [0.1, 0.15) is 36.2 Å². The largest absolute Gasteiger partial charge is 0.385 e. The fraction of sp³-hybridized carbons (Fsp3) is 0.692. The van der Waals surface area contributed by atoms with Gasteiger partial charge in [0.15, 0.2) is 0 Å². The lowest BCUT2D eigenvalue weighted by Gasteiger charge is -2.21. The van der Waals surface area contributed by atoms with Gasteiger partial charge in [0.25, 0.3) is 0 Å². The van der Waals surface area contributed by atoms with Gasteiger partial charge in [0, 0.05) is 33.1 Å². The molecule has 100 valence electrons. The average molecular weight is 252 g/mol. The summed E-state index contributed by atoms with van der Waals surface area (Å²) in [7, 11) is 1.67. The summed E-state index contributed by atoms with van der Waals surface area (Å²) in [5, 5.41) is 4.19. The summed E-state index contributed by atoms with van der Waals surface area (Å²) in [5.41, 5.74) is 0.651. The van der Waals surface area contributed by atoms with E-state index in [-0.39, 0.29) is 11.9 Å². The molecule has 0 bridgehead atoms. The van der Waals surface area contributed by atoms with Crippen LogP contribution in [0, 0.1) is 0 Å². The van der Waals surface area contributed by atoms with E-state index in [1.54, 1.807) is 24.1 Å². The van der Waals surface area contributed by atoms with Crippen LogP contribution in [0.2, 0.25) is 0 Å². The summed E-state index contributed by atoms with van der Waals surface area (Å²) in [6, 6.07) is 1.77. The van der Waals surface area contributed by atoms with Gasteiger partial charge in [0.05, 0.1) is 0 Å². The number of Topliss-reactive ketones (excluding diaryl/α,β-unsaturated/α-hetero) is 1. The second-order valence-electron chi connectivity index (χ2n) is 4.51. The Hall–Kier alpha value is -1.20. The molecule has 2 rings (SSSR count). The third-order valence-corrected chi connectivity index (χ3v) is 3.16. The third-order valence-electron chi connectivity index (χ3n) is 3.16. The minimum atomic E-state index is -0.281. The molecule has 2 heterocycles. The van der Waals surface area contributed by atoms with Gasteiger partial charge < -0.3 is 9.47 Å². The van der Waals surface area contributed by atoms with Gasteiger partial charge >= 0.3 is 0 Å². The SMILES string of the molecule is COCCCn1nccc1C(=O)C1CCCCO1. The molecule has 1 aromatic rings. The topological polar surface area (TPSA) is 53.4 Å². The van der Waals surface area contributed by atoms with Crippen molar-refractivity contribution in [1.29, 1.82) is 0 Å². The summed E-state index contributed by atoms with van der Waals surface area (Å²) in [6.07, 6.45) is 5.18. The molecule has 0 N–H and O–H groups in total. The van der Waals surface area contributed by atoms with Crippen LogP contribution in [0.4, 0.5) is 0 Å². The van der Waals surface area contributed by atoms with E-state index < -0.39 is 0 Å². The van der Waals surface area contributed by atoms with Crippen LogP contribution in [0.15, 0.2) is 12.3 Å². The van der Waals surface area contributed by atoms with E-state index in [2.05, 4.69) is 5.10 Å². The van der Waals surface area contributed by atoms with E-state index in [4.69, 9.17) is 9.47 Å². The van der Waals surface area contributed by atoms with Crippen LogP contribution in [0.5, 0.6) is 0 Å². The number of aromatic nitrogens is 2. The number of nitrogens with zero attached hydrogens (tertiary/aromatic N) is 2. The summed E-state index contributed by atoms with van der Waals surface area (Å²) in [4.78, 5) is 12.3. The van der Waals surface area contributed by atoms with Crippen molar-refractivity contribution in [2.45, 2.75) is 38.3 Å². The Morgan fingerprint density at radius 3 is 3.22 bits per heavy atom. The zero-order valence-corrected chi connectivity index (χ0v) is 10.8. The molecule has 0 aromatic carbocycles. The molecule has 18 heavy (non-hydrogen) atoms. The number of hydrogen-bond donors (Lipinski definition) is 0. The Kier molecular flexibility index (Phi) is 4.90. The average Bonchev–Trinajstić information content (AvgIpc) is 2.88. The van der Waals surface area contributed by atoms with Gasteiger partial charge in [-0.1, -0.05) is 0 Å². The molecule has 5 nitrogen and oxygen atoms in total. The van der Waals surface area contributed by atoms with Gasteiger partial charge in [0.2, 0.25) is 5.78 Å². The molecule has 5 heteroatoms. The van der Waals surface area contributed by atoms with Crippen LogP contribution in [0.25, 0.3) is 0 Å². The predicted octanol–water partition coefficient (Wildman–Crippen LogP) is 1.67. The second kappa shape index (κ2) is 6.66. The summed E-state index contributed by atoms with van der Waals surface area (Å²) in [6.45, 7) is 2.07. The molecule has 1 atom stereocenters. The zero-order valence-electron chi connectivity index (χ0n) is 10.8. The van der Waals surface area contributed by atoms with Gasteiger partial charge in [-0.05, 0) is 31.7 Å². The number of carbonyl (C=O) groups is 1. The van der Waals surface area contributed by atoms with E-state index in [1.807, 2.05) is 0 Å². The van der Waals surface area contributed by atoms with Crippen molar-refractivity contribution in [1.82, 2.24) is 9.78 Å². The van der Waals surface area contributed by atoms with Gasteiger partial charge in [-0.25, -0.2) is 0 Å². The molecule has 1 aromatic heterocycles. The monoisotopic (exact) mass is 252 g/mol. The highest BCUT2D eigenvalue weighted by Gasteiger charge is 2.25. The van der Waals surface area contributed by atoms with E-state index >= 15 is 0 Å². The smallest absolute Gasteiger partial charge is 0.209 e. The maximum Gasteiger partial charge on any atom is 0.209 e. The van der Waals surface area contributed by atoms with Crippen molar-refractivity contribution in [2.24, 2.45) is 0 Å².